The van der Waals surface area contributed by atoms with Crippen molar-refractivity contribution in [3.8, 4) is 0 Å². The van der Waals surface area contributed by atoms with E-state index in [2.05, 4.69) is 26.6 Å². The van der Waals surface area contributed by atoms with E-state index in [0.717, 1.165) is 21.2 Å². The van der Waals surface area contributed by atoms with Crippen LogP contribution in [0.5, 0.6) is 0 Å². The highest BCUT2D eigenvalue weighted by Crippen LogP contribution is 2.55. The van der Waals surface area contributed by atoms with Gasteiger partial charge in [-0.2, -0.15) is 0 Å². The van der Waals surface area contributed by atoms with E-state index < -0.39 is 23.5 Å². The zero-order valence-electron chi connectivity index (χ0n) is 15.8. The van der Waals surface area contributed by atoms with E-state index in [4.69, 9.17) is 0 Å². The average Bonchev–Trinajstić information content (AvgIpc) is 3.26. The number of nitrogens with one attached hydrogen (secondary N) is 2. The van der Waals surface area contributed by atoms with Crippen LogP contribution in [0, 0.1) is 10.1 Å². The summed E-state index contributed by atoms with van der Waals surface area (Å²) in [5.41, 5.74) is 1.73. The van der Waals surface area contributed by atoms with Crippen molar-refractivity contribution in [2.45, 2.75) is 23.5 Å². The summed E-state index contributed by atoms with van der Waals surface area (Å²) in [6, 6.07) is 22.5. The second-order valence-electron chi connectivity index (χ2n) is 7.65. The third-order valence-electron chi connectivity index (χ3n) is 6.12. The van der Waals surface area contributed by atoms with Crippen LogP contribution in [-0.4, -0.2) is 16.9 Å². The molecule has 6 nitrogen and oxygen atoms in total. The van der Waals surface area contributed by atoms with Crippen LogP contribution in [-0.2, 0) is 10.3 Å². The minimum Gasteiger partial charge on any atom is -0.324 e. The molecular formula is C23H18BrN3O3. The highest BCUT2D eigenvalue weighted by Gasteiger charge is 2.66. The van der Waals surface area contributed by atoms with E-state index in [1.807, 2.05) is 78.9 Å². The Morgan fingerprint density at radius 1 is 0.900 bits per heavy atom. The Morgan fingerprint density at radius 3 is 2.27 bits per heavy atom. The van der Waals surface area contributed by atoms with Crippen LogP contribution >= 0.6 is 15.9 Å². The molecule has 2 heterocycles. The molecule has 3 aromatic rings. The van der Waals surface area contributed by atoms with Crippen molar-refractivity contribution in [1.29, 1.82) is 0 Å². The van der Waals surface area contributed by atoms with Gasteiger partial charge in [-0.05, 0) is 29.3 Å². The minimum atomic E-state index is -1.23. The van der Waals surface area contributed by atoms with Crippen molar-refractivity contribution in [3.05, 3.63) is 110 Å². The fourth-order valence-corrected chi connectivity index (χ4v) is 5.17. The molecule has 1 amide bonds. The lowest BCUT2D eigenvalue weighted by molar-refractivity contribution is -0.527. The number of carbonyl (C=O) groups excluding carboxylic acids is 1. The van der Waals surface area contributed by atoms with E-state index in [1.54, 1.807) is 0 Å². The summed E-state index contributed by atoms with van der Waals surface area (Å²) in [4.78, 5) is 25.6. The van der Waals surface area contributed by atoms with Crippen molar-refractivity contribution < 1.29 is 9.72 Å². The normalized spacial score (nSPS) is 27.1. The summed E-state index contributed by atoms with van der Waals surface area (Å²) in [5, 5.41) is 18.8. The highest BCUT2D eigenvalue weighted by atomic mass is 79.9. The first kappa shape index (κ1) is 19.0. The molecule has 1 saturated heterocycles. The standard InChI is InChI=1S/C23H18BrN3O3/c24-16-12-10-14(11-13-16)19-21(27(29)30)20(15-6-2-1-3-7-15)26-23(19)17-8-4-5-9-18(17)25-22(23)28/h1-13,19-21,26H,(H,25,28)/t19?,20?,21?,23-/m1/s1. The number of para-hydroxylation sites is 1. The molecule has 1 spiro atoms. The third kappa shape index (κ3) is 2.69. The molecule has 2 aliphatic heterocycles. The van der Waals surface area contributed by atoms with Gasteiger partial charge in [0.2, 0.25) is 11.9 Å². The summed E-state index contributed by atoms with van der Waals surface area (Å²) >= 11 is 3.43. The van der Waals surface area contributed by atoms with Gasteiger partial charge in [0.15, 0.2) is 0 Å². The molecule has 1 fully saturated rings. The van der Waals surface area contributed by atoms with Gasteiger partial charge in [-0.25, -0.2) is 0 Å². The van der Waals surface area contributed by atoms with Crippen LogP contribution < -0.4 is 10.6 Å². The number of benzene rings is 3. The van der Waals surface area contributed by atoms with Crippen molar-refractivity contribution in [1.82, 2.24) is 5.32 Å². The molecule has 3 unspecified atom stereocenters. The van der Waals surface area contributed by atoms with Gasteiger partial charge in [0.25, 0.3) is 0 Å². The maximum atomic E-state index is 13.4. The Morgan fingerprint density at radius 2 is 1.57 bits per heavy atom. The van der Waals surface area contributed by atoms with Crippen LogP contribution in [0.4, 0.5) is 5.69 Å². The summed E-state index contributed by atoms with van der Waals surface area (Å²) < 4.78 is 0.875. The fourth-order valence-electron chi connectivity index (χ4n) is 4.90. The Hall–Kier alpha value is -3.03. The van der Waals surface area contributed by atoms with E-state index in [9.17, 15) is 14.9 Å². The Kier molecular flexibility index (Phi) is 4.45. The zero-order valence-corrected chi connectivity index (χ0v) is 17.4. The first-order chi connectivity index (χ1) is 14.5. The number of nitro groups is 1. The average molecular weight is 464 g/mol. The molecule has 5 rings (SSSR count). The van der Waals surface area contributed by atoms with E-state index >= 15 is 0 Å². The molecular weight excluding hydrogens is 446 g/mol. The third-order valence-corrected chi connectivity index (χ3v) is 6.65. The van der Waals surface area contributed by atoms with Crippen LogP contribution in [0.15, 0.2) is 83.3 Å². The summed E-state index contributed by atoms with van der Waals surface area (Å²) in [6.07, 6.45) is 0. The topological polar surface area (TPSA) is 84.3 Å². The molecule has 2 N–H and O–H groups in total. The molecule has 4 atom stereocenters. The Labute approximate surface area is 181 Å². The molecule has 0 aliphatic carbocycles. The molecule has 0 saturated carbocycles. The molecule has 2 aliphatic rings. The van der Waals surface area contributed by atoms with Gasteiger partial charge in [-0.3, -0.25) is 20.2 Å². The maximum absolute atomic E-state index is 13.4. The van der Waals surface area contributed by atoms with Crippen LogP contribution in [0.2, 0.25) is 0 Å². The van der Waals surface area contributed by atoms with Crippen molar-refractivity contribution in [2.24, 2.45) is 0 Å². The number of hydrogen-bond donors (Lipinski definition) is 2. The first-order valence-electron chi connectivity index (χ1n) is 9.65. The fraction of sp³-hybridized carbons (Fsp3) is 0.174. The second kappa shape index (κ2) is 7.04. The zero-order chi connectivity index (χ0) is 20.9. The van der Waals surface area contributed by atoms with E-state index in [-0.39, 0.29) is 10.8 Å². The van der Waals surface area contributed by atoms with Gasteiger partial charge >= 0.3 is 0 Å². The maximum Gasteiger partial charge on any atom is 0.250 e. The Balaban J connectivity index is 1.77. The van der Waals surface area contributed by atoms with Gasteiger partial charge in [0.1, 0.15) is 11.6 Å². The number of fused-ring (bicyclic) bond motifs is 2. The largest absolute Gasteiger partial charge is 0.324 e. The molecule has 3 aromatic carbocycles. The van der Waals surface area contributed by atoms with Crippen LogP contribution in [0.1, 0.15) is 28.7 Å². The van der Waals surface area contributed by atoms with E-state index in [0.29, 0.717) is 5.69 Å². The monoisotopic (exact) mass is 463 g/mol. The number of carbonyl (C=O) groups is 1. The number of nitrogens with zero attached hydrogens (tertiary/aromatic N) is 1. The van der Waals surface area contributed by atoms with Gasteiger partial charge in [-0.15, -0.1) is 0 Å². The van der Waals surface area contributed by atoms with Crippen molar-refractivity contribution in [3.63, 3.8) is 0 Å². The number of rotatable bonds is 3. The number of anilines is 1. The van der Waals surface area contributed by atoms with Gasteiger partial charge in [0, 0.05) is 20.6 Å². The molecule has 0 aromatic heterocycles. The predicted octanol–water partition coefficient (Wildman–Crippen LogP) is 4.37. The number of amides is 1. The molecule has 150 valence electrons. The molecule has 30 heavy (non-hydrogen) atoms. The lowest BCUT2D eigenvalue weighted by atomic mass is 9.74. The predicted molar refractivity (Wildman–Crippen MR) is 117 cm³/mol. The van der Waals surface area contributed by atoms with Gasteiger partial charge < -0.3 is 5.32 Å². The highest BCUT2D eigenvalue weighted by molar-refractivity contribution is 9.10. The van der Waals surface area contributed by atoms with E-state index in [1.165, 1.54) is 0 Å². The quantitative estimate of drug-likeness (QED) is 0.446. The van der Waals surface area contributed by atoms with Gasteiger partial charge in [0.05, 0.1) is 5.92 Å². The lowest BCUT2D eigenvalue weighted by Crippen LogP contribution is -2.48. The SMILES string of the molecule is O=C1Nc2ccccc2[C@]12NC(c1ccccc1)C([N+](=O)[O-])C2c1ccc(Br)cc1. The first-order valence-corrected chi connectivity index (χ1v) is 10.4. The van der Waals surface area contributed by atoms with Crippen LogP contribution in [0.25, 0.3) is 0 Å². The smallest absolute Gasteiger partial charge is 0.250 e. The summed E-state index contributed by atoms with van der Waals surface area (Å²) in [5.74, 6) is -0.948. The molecule has 0 radical (unpaired) electrons. The molecule has 0 bridgehead atoms. The summed E-state index contributed by atoms with van der Waals surface area (Å²) in [6.45, 7) is 0. The Bertz CT molecular complexity index is 1140. The van der Waals surface area contributed by atoms with Crippen molar-refractivity contribution >= 4 is 27.5 Å². The molecule has 7 heteroatoms. The summed E-state index contributed by atoms with van der Waals surface area (Å²) in [7, 11) is 0. The minimum absolute atomic E-state index is 0.250. The number of hydrogen-bond acceptors (Lipinski definition) is 4. The second-order valence-corrected chi connectivity index (χ2v) is 8.56. The van der Waals surface area contributed by atoms with Crippen LogP contribution in [0.3, 0.4) is 0 Å². The lowest BCUT2D eigenvalue weighted by Gasteiger charge is -2.29. The van der Waals surface area contributed by atoms with Crippen molar-refractivity contribution in [2.75, 3.05) is 5.32 Å². The van der Waals surface area contributed by atoms with Gasteiger partial charge in [-0.1, -0.05) is 76.6 Å². The number of halogens is 1.